The Labute approximate surface area is 188 Å². The zero-order chi connectivity index (χ0) is 24.3. The van der Waals surface area contributed by atoms with E-state index in [1.807, 2.05) is 0 Å². The van der Waals surface area contributed by atoms with E-state index in [2.05, 4.69) is 0 Å². The summed E-state index contributed by atoms with van der Waals surface area (Å²) < 4.78 is 59.6. The monoisotopic (exact) mass is 475 g/mol. The number of halogens is 4. The molecule has 1 atom stereocenters. The van der Waals surface area contributed by atoms with Crippen LogP contribution in [0.1, 0.15) is 26.7 Å². The minimum Gasteiger partial charge on any atom is -0.444 e. The number of carbonyl (C=O) groups excluding carboxylic acids is 3. The molecule has 0 aromatic heterocycles. The number of benzene rings is 1. The van der Waals surface area contributed by atoms with E-state index in [9.17, 15) is 31.9 Å². The van der Waals surface area contributed by atoms with Crippen molar-refractivity contribution < 1.29 is 41.5 Å². The van der Waals surface area contributed by atoms with Gasteiger partial charge in [0.1, 0.15) is 11.8 Å². The van der Waals surface area contributed by atoms with Gasteiger partial charge in [-0.1, -0.05) is 13.8 Å². The number of hydrogen-bond acceptors (Lipinski definition) is 6. The Morgan fingerprint density at radius 3 is 2.39 bits per heavy atom. The second-order valence-corrected chi connectivity index (χ2v) is 8.10. The van der Waals surface area contributed by atoms with Crippen molar-refractivity contribution in [3.63, 3.8) is 0 Å². The quantitative estimate of drug-likeness (QED) is 0.564. The van der Waals surface area contributed by atoms with Crippen molar-refractivity contribution in [3.8, 4) is 0 Å². The Balaban J connectivity index is 1.69. The van der Waals surface area contributed by atoms with Gasteiger partial charge in [0.25, 0.3) is 6.43 Å². The molecule has 0 saturated carbocycles. The maximum absolute atomic E-state index is 14.9. The molecular weight excluding hydrogens is 450 g/mol. The van der Waals surface area contributed by atoms with E-state index in [-0.39, 0.29) is 62.4 Å². The minimum atomic E-state index is -3.10. The molecule has 2 fully saturated rings. The van der Waals surface area contributed by atoms with Crippen molar-refractivity contribution in [3.05, 3.63) is 23.8 Å². The highest BCUT2D eigenvalue weighted by Crippen LogP contribution is 2.32. The number of rotatable bonds is 7. The van der Waals surface area contributed by atoms with Crippen LogP contribution in [0.25, 0.3) is 0 Å². The molecule has 2 saturated heterocycles. The molecule has 0 N–H and O–H groups in total. The summed E-state index contributed by atoms with van der Waals surface area (Å²) in [5.41, 5.74) is -0.406. The second kappa shape index (κ2) is 10.4. The summed E-state index contributed by atoms with van der Waals surface area (Å²) in [5.74, 6) is -3.62. The molecule has 1 aromatic rings. The zero-order valence-corrected chi connectivity index (χ0v) is 18.2. The van der Waals surface area contributed by atoms with Gasteiger partial charge in [0, 0.05) is 37.6 Å². The Morgan fingerprint density at radius 2 is 1.79 bits per heavy atom. The van der Waals surface area contributed by atoms with Gasteiger partial charge in [-0.2, -0.15) is 0 Å². The molecule has 2 aliphatic rings. The highest BCUT2D eigenvalue weighted by Gasteiger charge is 2.34. The van der Waals surface area contributed by atoms with Crippen LogP contribution < -0.4 is 9.80 Å². The molecule has 0 bridgehead atoms. The number of cyclic esters (lactones) is 1. The molecule has 1 aromatic carbocycles. The molecule has 2 heterocycles. The van der Waals surface area contributed by atoms with E-state index in [0.29, 0.717) is 0 Å². The predicted octanol–water partition coefficient (Wildman–Crippen LogP) is 3.14. The summed E-state index contributed by atoms with van der Waals surface area (Å²) in [4.78, 5) is 43.2. The van der Waals surface area contributed by atoms with Crippen LogP contribution in [0.3, 0.4) is 0 Å². The molecule has 3 rings (SSSR count). The van der Waals surface area contributed by atoms with E-state index in [1.54, 1.807) is 13.8 Å². The van der Waals surface area contributed by atoms with Gasteiger partial charge in [-0.15, -0.1) is 0 Å². The lowest BCUT2D eigenvalue weighted by Gasteiger charge is -2.24. The maximum atomic E-state index is 14.9. The van der Waals surface area contributed by atoms with Crippen molar-refractivity contribution >= 4 is 29.2 Å². The van der Waals surface area contributed by atoms with E-state index < -0.39 is 42.5 Å². The number of Topliss-reactive ketones (excluding diaryl/α,β-unsaturated/α-hetero) is 1. The van der Waals surface area contributed by atoms with Crippen LogP contribution in [0.2, 0.25) is 0 Å². The summed E-state index contributed by atoms with van der Waals surface area (Å²) in [7, 11) is 0. The Morgan fingerprint density at radius 1 is 1.12 bits per heavy atom. The van der Waals surface area contributed by atoms with Crippen molar-refractivity contribution in [2.24, 2.45) is 5.92 Å². The van der Waals surface area contributed by atoms with Gasteiger partial charge in [-0.05, 0) is 6.42 Å². The highest BCUT2D eigenvalue weighted by atomic mass is 19.3. The number of ketones is 1. The maximum Gasteiger partial charge on any atom is 0.414 e. The zero-order valence-electron chi connectivity index (χ0n) is 18.2. The summed E-state index contributed by atoms with van der Waals surface area (Å²) in [6.45, 7) is 3.76. The number of ether oxygens (including phenoxy) is 1. The third-order valence-corrected chi connectivity index (χ3v) is 5.38. The van der Waals surface area contributed by atoms with Gasteiger partial charge >= 0.3 is 6.09 Å². The highest BCUT2D eigenvalue weighted by molar-refractivity contribution is 5.90. The fourth-order valence-electron chi connectivity index (χ4n) is 3.64. The Kier molecular flexibility index (Phi) is 7.77. The molecule has 0 spiro atoms. The van der Waals surface area contributed by atoms with Gasteiger partial charge in [-0.3, -0.25) is 19.3 Å². The lowest BCUT2D eigenvalue weighted by atomic mass is 10.1. The summed E-state index contributed by atoms with van der Waals surface area (Å²) in [5, 5.41) is 1.19. The van der Waals surface area contributed by atoms with Crippen LogP contribution in [-0.2, 0) is 19.2 Å². The molecule has 2 amide bonds. The lowest BCUT2D eigenvalue weighted by Crippen LogP contribution is -2.37. The molecule has 182 valence electrons. The largest absolute Gasteiger partial charge is 0.444 e. The standard InChI is InChI=1S/C21H25F4N3O5/c1-12(2)20(30)28-6-5-26(7-8-32-28)18-15(22)9-13(10-16(18)23)27-11-14(33-21(27)31)3-4-17(29)19(24)25/h9-10,12,14,19H,3-8,11H2,1-2H3/t14-/m0/s1. The fourth-order valence-corrected chi connectivity index (χ4v) is 3.64. The number of hydrogen-bond donors (Lipinski definition) is 0. The number of anilines is 2. The first kappa shape index (κ1) is 24.7. The molecule has 12 heteroatoms. The number of carbonyl (C=O) groups is 3. The fraction of sp³-hybridized carbons (Fsp3) is 0.571. The molecule has 2 aliphatic heterocycles. The third kappa shape index (κ3) is 5.73. The first-order chi connectivity index (χ1) is 15.6. The van der Waals surface area contributed by atoms with Gasteiger partial charge in [-0.25, -0.2) is 27.4 Å². The molecular formula is C21H25F4N3O5. The second-order valence-electron chi connectivity index (χ2n) is 8.10. The van der Waals surface area contributed by atoms with E-state index in [4.69, 9.17) is 9.57 Å². The Hall–Kier alpha value is -2.89. The van der Waals surface area contributed by atoms with Gasteiger partial charge in [0.2, 0.25) is 5.91 Å². The smallest absolute Gasteiger partial charge is 0.414 e. The van der Waals surface area contributed by atoms with Crippen molar-refractivity contribution in [2.45, 2.75) is 39.2 Å². The Bertz CT molecular complexity index is 891. The number of amides is 2. The van der Waals surface area contributed by atoms with Crippen LogP contribution in [0, 0.1) is 17.6 Å². The van der Waals surface area contributed by atoms with Crippen molar-refractivity contribution in [1.82, 2.24) is 5.06 Å². The topological polar surface area (TPSA) is 79.4 Å². The molecule has 0 radical (unpaired) electrons. The van der Waals surface area contributed by atoms with Crippen LogP contribution in [0.5, 0.6) is 0 Å². The summed E-state index contributed by atoms with van der Waals surface area (Å²) in [6, 6.07) is 1.96. The van der Waals surface area contributed by atoms with Crippen LogP contribution in [-0.4, -0.2) is 68.2 Å². The van der Waals surface area contributed by atoms with Crippen molar-refractivity contribution in [2.75, 3.05) is 42.6 Å². The first-order valence-corrected chi connectivity index (χ1v) is 10.6. The number of hydroxylamine groups is 2. The average Bonchev–Trinajstić information content (AvgIpc) is 2.96. The van der Waals surface area contributed by atoms with E-state index in [1.165, 1.54) is 9.96 Å². The van der Waals surface area contributed by atoms with E-state index >= 15 is 0 Å². The molecule has 8 nitrogen and oxygen atoms in total. The lowest BCUT2D eigenvalue weighted by molar-refractivity contribution is -0.185. The van der Waals surface area contributed by atoms with Gasteiger partial charge < -0.3 is 9.64 Å². The predicted molar refractivity (Wildman–Crippen MR) is 109 cm³/mol. The van der Waals surface area contributed by atoms with Crippen molar-refractivity contribution in [1.29, 1.82) is 0 Å². The summed E-state index contributed by atoms with van der Waals surface area (Å²) >= 11 is 0. The minimum absolute atomic E-state index is 0.0521. The normalized spacial score (nSPS) is 19.3. The van der Waals surface area contributed by atoms with Gasteiger partial charge in [0.15, 0.2) is 17.4 Å². The third-order valence-electron chi connectivity index (χ3n) is 5.38. The average molecular weight is 475 g/mol. The van der Waals surface area contributed by atoms with Crippen LogP contribution in [0.4, 0.5) is 33.7 Å². The first-order valence-electron chi connectivity index (χ1n) is 10.6. The summed E-state index contributed by atoms with van der Waals surface area (Å²) in [6.07, 6.45) is -5.43. The molecule has 33 heavy (non-hydrogen) atoms. The van der Waals surface area contributed by atoms with Crippen LogP contribution >= 0.6 is 0 Å². The molecule has 0 unspecified atom stereocenters. The number of nitrogens with zero attached hydrogens (tertiary/aromatic N) is 3. The number of alkyl halides is 2. The molecule has 0 aliphatic carbocycles. The van der Waals surface area contributed by atoms with Gasteiger partial charge in [0.05, 0.1) is 25.4 Å². The van der Waals surface area contributed by atoms with E-state index in [0.717, 1.165) is 17.0 Å². The SMILES string of the molecule is CC(C)C(=O)N1CCN(c2c(F)cc(N3C[C@H](CCC(=O)C(F)F)OC3=O)cc2F)CCO1. The van der Waals surface area contributed by atoms with Crippen LogP contribution in [0.15, 0.2) is 12.1 Å².